The van der Waals surface area contributed by atoms with E-state index < -0.39 is 0 Å². The number of nitrogens with zero attached hydrogens (tertiary/aromatic N) is 1. The van der Waals surface area contributed by atoms with Gasteiger partial charge in [-0.25, -0.2) is 0 Å². The highest BCUT2D eigenvalue weighted by molar-refractivity contribution is 5.95. The van der Waals surface area contributed by atoms with Gasteiger partial charge in [-0.15, -0.1) is 0 Å². The summed E-state index contributed by atoms with van der Waals surface area (Å²) in [6.07, 6.45) is 8.91. The maximum atomic E-state index is 11.9. The summed E-state index contributed by atoms with van der Waals surface area (Å²) in [5.74, 6) is 0.596. The zero-order valence-electron chi connectivity index (χ0n) is 16.0. The molecule has 0 spiro atoms. The van der Waals surface area contributed by atoms with Gasteiger partial charge < -0.3 is 19.7 Å². The predicted octanol–water partition coefficient (Wildman–Crippen LogP) is 3.05. The van der Waals surface area contributed by atoms with E-state index in [4.69, 9.17) is 9.47 Å². The van der Waals surface area contributed by atoms with Gasteiger partial charge >= 0.3 is 0 Å². The Hall–Kier alpha value is -2.08. The van der Waals surface area contributed by atoms with Gasteiger partial charge in [0.25, 0.3) is 5.91 Å². The van der Waals surface area contributed by atoms with E-state index in [1.54, 1.807) is 11.0 Å². The second-order valence-electron chi connectivity index (χ2n) is 7.27. The van der Waals surface area contributed by atoms with Crippen LogP contribution < -0.4 is 15.0 Å². The van der Waals surface area contributed by atoms with Crippen LogP contribution in [0.4, 0.5) is 5.69 Å². The van der Waals surface area contributed by atoms with Gasteiger partial charge in [0.15, 0.2) is 6.61 Å². The number of amides is 2. The van der Waals surface area contributed by atoms with Gasteiger partial charge in [0.1, 0.15) is 5.75 Å². The van der Waals surface area contributed by atoms with E-state index in [2.05, 4.69) is 5.32 Å². The van der Waals surface area contributed by atoms with Crippen LogP contribution in [0.1, 0.15) is 51.4 Å². The molecule has 1 saturated heterocycles. The van der Waals surface area contributed by atoms with Crippen LogP contribution in [-0.4, -0.2) is 44.2 Å². The molecule has 1 heterocycles. The Morgan fingerprint density at radius 1 is 1.19 bits per heavy atom. The van der Waals surface area contributed by atoms with Crippen molar-refractivity contribution in [2.75, 3.05) is 31.2 Å². The van der Waals surface area contributed by atoms with Crippen molar-refractivity contribution in [3.63, 3.8) is 0 Å². The van der Waals surface area contributed by atoms with Crippen LogP contribution in [0.2, 0.25) is 0 Å². The average molecular weight is 374 g/mol. The molecule has 2 fully saturated rings. The zero-order chi connectivity index (χ0) is 18.9. The largest absolute Gasteiger partial charge is 0.484 e. The zero-order valence-corrected chi connectivity index (χ0v) is 16.0. The van der Waals surface area contributed by atoms with E-state index in [0.717, 1.165) is 25.1 Å². The number of ether oxygens (including phenoxy) is 2. The lowest BCUT2D eigenvalue weighted by Gasteiger charge is -2.21. The van der Waals surface area contributed by atoms with Gasteiger partial charge in [0.2, 0.25) is 5.91 Å². The molecular weight excluding hydrogens is 344 g/mol. The SMILES string of the molecule is O=C(COc1cccc(N2CCCC2=O)c1)NCCCOC1CCCCC1. The molecule has 3 rings (SSSR count). The quantitative estimate of drug-likeness (QED) is 0.675. The number of nitrogens with one attached hydrogen (secondary N) is 1. The molecule has 0 atom stereocenters. The minimum absolute atomic E-state index is 0.0269. The first-order chi connectivity index (χ1) is 13.2. The Kier molecular flexibility index (Phi) is 7.51. The summed E-state index contributed by atoms with van der Waals surface area (Å²) in [5.41, 5.74) is 0.829. The molecule has 1 saturated carbocycles. The smallest absolute Gasteiger partial charge is 0.257 e. The van der Waals surface area contributed by atoms with E-state index in [0.29, 0.717) is 31.4 Å². The minimum Gasteiger partial charge on any atom is -0.484 e. The molecule has 148 valence electrons. The van der Waals surface area contributed by atoms with Crippen molar-refractivity contribution in [1.29, 1.82) is 0 Å². The number of benzene rings is 1. The molecule has 0 radical (unpaired) electrons. The Balaban J connectivity index is 1.31. The fraction of sp³-hybridized carbons (Fsp3) is 0.619. The second kappa shape index (κ2) is 10.3. The first kappa shape index (κ1) is 19.7. The molecule has 6 nitrogen and oxygen atoms in total. The lowest BCUT2D eigenvalue weighted by atomic mass is 9.98. The number of rotatable bonds is 9. The van der Waals surface area contributed by atoms with E-state index in [1.807, 2.05) is 18.2 Å². The fourth-order valence-corrected chi connectivity index (χ4v) is 3.64. The third kappa shape index (κ3) is 6.24. The van der Waals surface area contributed by atoms with E-state index in [1.165, 1.54) is 32.1 Å². The topological polar surface area (TPSA) is 67.9 Å². The van der Waals surface area contributed by atoms with Gasteiger partial charge in [-0.3, -0.25) is 9.59 Å². The first-order valence-corrected chi connectivity index (χ1v) is 10.1. The lowest BCUT2D eigenvalue weighted by molar-refractivity contribution is -0.123. The van der Waals surface area contributed by atoms with E-state index >= 15 is 0 Å². The van der Waals surface area contributed by atoms with Gasteiger partial charge in [-0.1, -0.05) is 25.3 Å². The summed E-state index contributed by atoms with van der Waals surface area (Å²) in [6, 6.07) is 7.35. The van der Waals surface area contributed by atoms with Gasteiger partial charge in [0.05, 0.1) is 6.10 Å². The molecule has 1 N–H and O–H groups in total. The van der Waals surface area contributed by atoms with Crippen LogP contribution in [0.3, 0.4) is 0 Å². The Morgan fingerprint density at radius 3 is 2.81 bits per heavy atom. The second-order valence-corrected chi connectivity index (χ2v) is 7.27. The summed E-state index contributed by atoms with van der Waals surface area (Å²) < 4.78 is 11.4. The molecule has 0 unspecified atom stereocenters. The van der Waals surface area contributed by atoms with Crippen LogP contribution in [0, 0.1) is 0 Å². The Labute approximate surface area is 161 Å². The molecule has 1 aliphatic heterocycles. The van der Waals surface area contributed by atoms with Gasteiger partial charge in [-0.05, 0) is 37.8 Å². The molecule has 0 aromatic heterocycles. The maximum absolute atomic E-state index is 11.9. The lowest BCUT2D eigenvalue weighted by Crippen LogP contribution is -2.30. The molecule has 1 aromatic carbocycles. The summed E-state index contributed by atoms with van der Waals surface area (Å²) >= 11 is 0. The molecule has 2 aliphatic rings. The molecule has 1 aliphatic carbocycles. The van der Waals surface area contributed by atoms with Gasteiger partial charge in [0, 0.05) is 37.9 Å². The summed E-state index contributed by atoms with van der Waals surface area (Å²) in [5, 5.41) is 2.86. The predicted molar refractivity (Wildman–Crippen MR) is 104 cm³/mol. The van der Waals surface area contributed by atoms with Crippen molar-refractivity contribution < 1.29 is 19.1 Å². The number of carbonyl (C=O) groups is 2. The normalized spacial score (nSPS) is 17.9. The van der Waals surface area contributed by atoms with Crippen LogP contribution >= 0.6 is 0 Å². The standard InChI is InChI=1S/C21H30N2O4/c24-20(22-12-6-14-26-18-8-2-1-3-9-18)16-27-19-10-4-7-17(15-19)23-13-5-11-21(23)25/h4,7,10,15,18H,1-3,5-6,8-9,11-14,16H2,(H,22,24). The van der Waals surface area contributed by atoms with E-state index in [9.17, 15) is 9.59 Å². The first-order valence-electron chi connectivity index (χ1n) is 10.1. The number of hydrogen-bond acceptors (Lipinski definition) is 4. The molecule has 2 amide bonds. The molecule has 6 heteroatoms. The van der Waals surface area contributed by atoms with Crippen LogP contribution in [-0.2, 0) is 14.3 Å². The van der Waals surface area contributed by atoms with Crippen molar-refractivity contribution in [3.8, 4) is 5.75 Å². The van der Waals surface area contributed by atoms with Crippen LogP contribution in [0.25, 0.3) is 0 Å². The Bertz CT molecular complexity index is 628. The molecule has 27 heavy (non-hydrogen) atoms. The van der Waals surface area contributed by atoms with Crippen molar-refractivity contribution in [3.05, 3.63) is 24.3 Å². The number of hydrogen-bond donors (Lipinski definition) is 1. The summed E-state index contributed by atoms with van der Waals surface area (Å²) in [7, 11) is 0. The summed E-state index contributed by atoms with van der Waals surface area (Å²) in [4.78, 5) is 25.5. The average Bonchev–Trinajstić information content (AvgIpc) is 3.13. The fourth-order valence-electron chi connectivity index (χ4n) is 3.64. The monoisotopic (exact) mass is 374 g/mol. The van der Waals surface area contributed by atoms with Crippen LogP contribution in [0.5, 0.6) is 5.75 Å². The third-order valence-corrected chi connectivity index (χ3v) is 5.12. The van der Waals surface area contributed by atoms with Crippen LogP contribution in [0.15, 0.2) is 24.3 Å². The van der Waals surface area contributed by atoms with Crippen molar-refractivity contribution in [2.24, 2.45) is 0 Å². The highest BCUT2D eigenvalue weighted by Crippen LogP contribution is 2.25. The highest BCUT2D eigenvalue weighted by Gasteiger charge is 2.21. The summed E-state index contributed by atoms with van der Waals surface area (Å²) in [6.45, 7) is 2.00. The van der Waals surface area contributed by atoms with Gasteiger partial charge in [-0.2, -0.15) is 0 Å². The molecular formula is C21H30N2O4. The third-order valence-electron chi connectivity index (χ3n) is 5.12. The minimum atomic E-state index is -0.143. The number of anilines is 1. The number of carbonyl (C=O) groups excluding carboxylic acids is 2. The van der Waals surface area contributed by atoms with Crippen molar-refractivity contribution >= 4 is 17.5 Å². The van der Waals surface area contributed by atoms with E-state index in [-0.39, 0.29) is 18.4 Å². The van der Waals surface area contributed by atoms with Crippen molar-refractivity contribution in [2.45, 2.75) is 57.5 Å². The molecule has 0 bridgehead atoms. The maximum Gasteiger partial charge on any atom is 0.257 e. The highest BCUT2D eigenvalue weighted by atomic mass is 16.5. The Morgan fingerprint density at radius 2 is 2.04 bits per heavy atom. The van der Waals surface area contributed by atoms with Crippen molar-refractivity contribution in [1.82, 2.24) is 5.32 Å². The molecule has 1 aromatic rings.